The van der Waals surface area contributed by atoms with Crippen molar-refractivity contribution in [2.45, 2.75) is 40.7 Å². The predicted octanol–water partition coefficient (Wildman–Crippen LogP) is 4.49. The molecule has 1 N–H and O–H groups in total. The Morgan fingerprint density at radius 1 is 1.05 bits per heavy atom. The molecule has 1 unspecified atom stereocenters. The Hall–Kier alpha value is -1.68. The molecule has 2 aromatic rings. The third-order valence-corrected chi connectivity index (χ3v) is 3.92. The summed E-state index contributed by atoms with van der Waals surface area (Å²) < 4.78 is 34.3. The number of aryl methyl sites for hydroxylation is 3. The first kappa shape index (κ1) is 15.7. The molecule has 0 fully saturated rings. The molecule has 0 amide bonds. The van der Waals surface area contributed by atoms with Gasteiger partial charge in [-0.3, -0.25) is 0 Å². The first-order valence-corrected chi connectivity index (χ1v) is 7.12. The second-order valence-electron chi connectivity index (χ2n) is 5.34. The maximum Gasteiger partial charge on any atom is 0.134 e. The van der Waals surface area contributed by atoms with E-state index in [1.54, 1.807) is 6.92 Å². The van der Waals surface area contributed by atoms with E-state index < -0.39 is 17.7 Å². The zero-order valence-electron chi connectivity index (χ0n) is 13.1. The molecule has 2 nitrogen and oxygen atoms in total. The standard InChI is InChI=1S/C17H21F2NO/c1-6-20-17(14-10(3)11(4)21-12(14)5)15-13(18)8-7-9(2)16(15)19/h7-8,17,20H,6H2,1-5H3. The summed E-state index contributed by atoms with van der Waals surface area (Å²) in [6.07, 6.45) is 0. The van der Waals surface area contributed by atoms with Gasteiger partial charge in [0.15, 0.2) is 0 Å². The quantitative estimate of drug-likeness (QED) is 0.898. The molecule has 0 radical (unpaired) electrons. The smallest absolute Gasteiger partial charge is 0.134 e. The molecule has 2 rings (SSSR count). The molecule has 21 heavy (non-hydrogen) atoms. The van der Waals surface area contributed by atoms with Crippen LogP contribution in [0.1, 0.15) is 46.7 Å². The van der Waals surface area contributed by atoms with Crippen LogP contribution in [0.5, 0.6) is 0 Å². The topological polar surface area (TPSA) is 25.2 Å². The minimum absolute atomic E-state index is 0.0591. The molecule has 1 aromatic carbocycles. The van der Waals surface area contributed by atoms with E-state index in [-0.39, 0.29) is 5.56 Å². The number of furan rings is 1. The number of nitrogens with one attached hydrogen (secondary N) is 1. The Bertz CT molecular complexity index is 661. The van der Waals surface area contributed by atoms with Crippen LogP contribution in [0.4, 0.5) is 8.78 Å². The molecule has 1 heterocycles. The van der Waals surface area contributed by atoms with Gasteiger partial charge in [0.05, 0.1) is 6.04 Å². The van der Waals surface area contributed by atoms with Gasteiger partial charge in [-0.15, -0.1) is 0 Å². The summed E-state index contributed by atoms with van der Waals surface area (Å²) in [4.78, 5) is 0. The Morgan fingerprint density at radius 2 is 1.71 bits per heavy atom. The van der Waals surface area contributed by atoms with Gasteiger partial charge < -0.3 is 9.73 Å². The lowest BCUT2D eigenvalue weighted by atomic mass is 9.93. The van der Waals surface area contributed by atoms with E-state index in [1.165, 1.54) is 12.1 Å². The fourth-order valence-electron chi connectivity index (χ4n) is 2.73. The third kappa shape index (κ3) is 2.72. The van der Waals surface area contributed by atoms with E-state index in [2.05, 4.69) is 5.32 Å². The van der Waals surface area contributed by atoms with Crippen LogP contribution in [0.3, 0.4) is 0 Å². The van der Waals surface area contributed by atoms with Crippen LogP contribution in [-0.4, -0.2) is 6.54 Å². The maximum absolute atomic E-state index is 14.5. The first-order valence-electron chi connectivity index (χ1n) is 7.12. The molecular formula is C17H21F2NO. The summed E-state index contributed by atoms with van der Waals surface area (Å²) in [7, 11) is 0. The molecular weight excluding hydrogens is 272 g/mol. The molecule has 0 spiro atoms. The van der Waals surface area contributed by atoms with Crippen LogP contribution in [0.15, 0.2) is 16.5 Å². The van der Waals surface area contributed by atoms with Gasteiger partial charge in [-0.05, 0) is 51.4 Å². The number of hydrogen-bond donors (Lipinski definition) is 1. The van der Waals surface area contributed by atoms with Gasteiger partial charge in [0.1, 0.15) is 23.2 Å². The minimum atomic E-state index is -0.549. The number of benzene rings is 1. The van der Waals surface area contributed by atoms with Crippen molar-refractivity contribution in [2.75, 3.05) is 6.54 Å². The van der Waals surface area contributed by atoms with E-state index >= 15 is 0 Å². The monoisotopic (exact) mass is 293 g/mol. The molecule has 0 saturated carbocycles. The van der Waals surface area contributed by atoms with Gasteiger partial charge >= 0.3 is 0 Å². The van der Waals surface area contributed by atoms with E-state index in [4.69, 9.17) is 4.42 Å². The zero-order chi connectivity index (χ0) is 15.7. The lowest BCUT2D eigenvalue weighted by Crippen LogP contribution is -2.25. The average molecular weight is 293 g/mol. The van der Waals surface area contributed by atoms with Crippen molar-refractivity contribution in [1.82, 2.24) is 5.32 Å². The van der Waals surface area contributed by atoms with Gasteiger partial charge in [0.2, 0.25) is 0 Å². The Labute approximate surface area is 124 Å². The summed E-state index contributed by atoms with van der Waals surface area (Å²) in [6, 6.07) is 2.22. The summed E-state index contributed by atoms with van der Waals surface area (Å²) in [5.74, 6) is 0.426. The van der Waals surface area contributed by atoms with E-state index in [0.717, 1.165) is 16.9 Å². The van der Waals surface area contributed by atoms with Crippen molar-refractivity contribution in [3.8, 4) is 0 Å². The second-order valence-corrected chi connectivity index (χ2v) is 5.34. The molecule has 0 aliphatic rings. The van der Waals surface area contributed by atoms with Crippen LogP contribution in [-0.2, 0) is 0 Å². The van der Waals surface area contributed by atoms with Crippen molar-refractivity contribution in [3.05, 3.63) is 57.5 Å². The predicted molar refractivity (Wildman–Crippen MR) is 79.5 cm³/mol. The molecule has 114 valence electrons. The van der Waals surface area contributed by atoms with Crippen LogP contribution < -0.4 is 5.32 Å². The van der Waals surface area contributed by atoms with E-state index in [0.29, 0.717) is 17.9 Å². The van der Waals surface area contributed by atoms with Crippen molar-refractivity contribution in [1.29, 1.82) is 0 Å². The molecule has 4 heteroatoms. The highest BCUT2D eigenvalue weighted by atomic mass is 19.1. The molecule has 1 aromatic heterocycles. The van der Waals surface area contributed by atoms with Crippen molar-refractivity contribution < 1.29 is 13.2 Å². The third-order valence-electron chi connectivity index (χ3n) is 3.92. The van der Waals surface area contributed by atoms with Crippen molar-refractivity contribution in [3.63, 3.8) is 0 Å². The lowest BCUT2D eigenvalue weighted by Gasteiger charge is -2.21. The molecule has 0 aliphatic heterocycles. The number of halogens is 2. The van der Waals surface area contributed by atoms with Crippen molar-refractivity contribution >= 4 is 0 Å². The van der Waals surface area contributed by atoms with Gasteiger partial charge in [-0.25, -0.2) is 8.78 Å². The molecule has 0 saturated heterocycles. The highest BCUT2D eigenvalue weighted by Crippen LogP contribution is 2.34. The van der Waals surface area contributed by atoms with Crippen LogP contribution in [0.25, 0.3) is 0 Å². The SMILES string of the molecule is CCNC(c1c(C)oc(C)c1C)c1c(F)ccc(C)c1F. The molecule has 1 atom stereocenters. The van der Waals surface area contributed by atoms with Gasteiger partial charge in [0.25, 0.3) is 0 Å². The Kier molecular flexibility index (Phi) is 4.47. The van der Waals surface area contributed by atoms with Crippen LogP contribution >= 0.6 is 0 Å². The largest absolute Gasteiger partial charge is 0.466 e. The number of hydrogen-bond acceptors (Lipinski definition) is 2. The Balaban J connectivity index is 2.68. The lowest BCUT2D eigenvalue weighted by molar-refractivity contribution is 0.481. The maximum atomic E-state index is 14.5. The summed E-state index contributed by atoms with van der Waals surface area (Å²) in [6.45, 7) is 9.75. The van der Waals surface area contributed by atoms with Crippen LogP contribution in [0, 0.1) is 39.3 Å². The summed E-state index contributed by atoms with van der Waals surface area (Å²) in [5.41, 5.74) is 2.24. The fraction of sp³-hybridized carbons (Fsp3) is 0.412. The normalized spacial score (nSPS) is 12.7. The van der Waals surface area contributed by atoms with E-state index in [1.807, 2.05) is 27.7 Å². The summed E-state index contributed by atoms with van der Waals surface area (Å²) >= 11 is 0. The Morgan fingerprint density at radius 3 is 2.24 bits per heavy atom. The van der Waals surface area contributed by atoms with Crippen molar-refractivity contribution in [2.24, 2.45) is 0 Å². The number of rotatable bonds is 4. The van der Waals surface area contributed by atoms with E-state index in [9.17, 15) is 8.78 Å². The van der Waals surface area contributed by atoms with Gasteiger partial charge in [-0.2, -0.15) is 0 Å². The zero-order valence-corrected chi connectivity index (χ0v) is 13.1. The molecule has 0 bridgehead atoms. The van der Waals surface area contributed by atoms with Gasteiger partial charge in [-0.1, -0.05) is 13.0 Å². The average Bonchev–Trinajstić information content (AvgIpc) is 2.67. The molecule has 0 aliphatic carbocycles. The highest BCUT2D eigenvalue weighted by Gasteiger charge is 2.27. The second kappa shape index (κ2) is 5.98. The van der Waals surface area contributed by atoms with Crippen LogP contribution in [0.2, 0.25) is 0 Å². The highest BCUT2D eigenvalue weighted by molar-refractivity contribution is 5.42. The minimum Gasteiger partial charge on any atom is -0.466 e. The summed E-state index contributed by atoms with van der Waals surface area (Å²) in [5, 5.41) is 3.18. The fourth-order valence-corrected chi connectivity index (χ4v) is 2.73. The van der Waals surface area contributed by atoms with Gasteiger partial charge in [0, 0.05) is 11.1 Å². The first-order chi connectivity index (χ1) is 9.88.